The molecule has 0 N–H and O–H groups in total. The van der Waals surface area contributed by atoms with Gasteiger partial charge in [-0.1, -0.05) is 37.3 Å². The second kappa shape index (κ2) is 4.30. The van der Waals surface area contributed by atoms with Crippen LogP contribution in [0.4, 0.5) is 0 Å². The van der Waals surface area contributed by atoms with Gasteiger partial charge in [0.25, 0.3) is 0 Å². The molecule has 3 aliphatic heterocycles. The molecule has 4 unspecified atom stereocenters. The summed E-state index contributed by atoms with van der Waals surface area (Å²) in [6.45, 7) is 7.51. The van der Waals surface area contributed by atoms with Gasteiger partial charge in [0.1, 0.15) is 5.66 Å². The summed E-state index contributed by atoms with van der Waals surface area (Å²) in [7, 11) is 0. The Kier molecular flexibility index (Phi) is 2.69. The second-order valence-electron chi connectivity index (χ2n) is 6.20. The zero-order valence-corrected chi connectivity index (χ0v) is 11.6. The maximum Gasteiger partial charge on any atom is 0.117 e. The smallest absolute Gasteiger partial charge is 0.117 e. The fourth-order valence-corrected chi connectivity index (χ4v) is 4.26. The van der Waals surface area contributed by atoms with Crippen molar-refractivity contribution in [2.24, 2.45) is 5.92 Å². The first-order chi connectivity index (χ1) is 9.33. The van der Waals surface area contributed by atoms with Gasteiger partial charge in [-0.05, 0) is 17.9 Å². The van der Waals surface area contributed by atoms with Crippen molar-refractivity contribution in [2.45, 2.75) is 25.0 Å². The third-order valence-corrected chi connectivity index (χ3v) is 5.04. The maximum atomic E-state index is 5.54. The highest BCUT2D eigenvalue weighted by Gasteiger charge is 2.69. The molecule has 19 heavy (non-hydrogen) atoms. The van der Waals surface area contributed by atoms with Crippen LogP contribution in [-0.2, 0) is 10.4 Å². The Bertz CT molecular complexity index is 443. The van der Waals surface area contributed by atoms with Crippen molar-refractivity contribution in [3.63, 3.8) is 0 Å². The van der Waals surface area contributed by atoms with Crippen molar-refractivity contribution in [1.29, 1.82) is 0 Å². The number of hydrogen-bond donors (Lipinski definition) is 0. The third-order valence-electron chi connectivity index (χ3n) is 5.04. The molecule has 0 aliphatic carbocycles. The van der Waals surface area contributed by atoms with Gasteiger partial charge in [-0.15, -0.1) is 0 Å². The topological polar surface area (TPSA) is 15.5 Å². The molecule has 3 heterocycles. The van der Waals surface area contributed by atoms with Gasteiger partial charge < -0.3 is 4.74 Å². The molecule has 0 amide bonds. The molecule has 0 saturated carbocycles. The van der Waals surface area contributed by atoms with Crippen LogP contribution in [0.15, 0.2) is 30.3 Å². The van der Waals surface area contributed by atoms with Gasteiger partial charge in [0, 0.05) is 25.7 Å². The van der Waals surface area contributed by atoms with Gasteiger partial charge in [0.15, 0.2) is 0 Å². The van der Waals surface area contributed by atoms with Crippen molar-refractivity contribution in [1.82, 2.24) is 9.80 Å². The van der Waals surface area contributed by atoms with Gasteiger partial charge in [-0.3, -0.25) is 9.80 Å². The summed E-state index contributed by atoms with van der Waals surface area (Å²) in [4.78, 5) is 5.36. The van der Waals surface area contributed by atoms with Gasteiger partial charge in [-0.2, -0.15) is 0 Å². The summed E-state index contributed by atoms with van der Waals surface area (Å²) in [6, 6.07) is 11.8. The Morgan fingerprint density at radius 2 is 1.89 bits per heavy atom. The lowest BCUT2D eigenvalue weighted by atomic mass is 9.94. The lowest BCUT2D eigenvalue weighted by Crippen LogP contribution is -2.48. The summed E-state index contributed by atoms with van der Waals surface area (Å²) in [6.07, 6.45) is 1.34. The molecular weight excluding hydrogens is 236 g/mol. The van der Waals surface area contributed by atoms with Crippen molar-refractivity contribution in [3.8, 4) is 0 Å². The SMILES string of the molecule is CC1CC2N(C1)C2(c1ccccc1)N1CCOCC1. The van der Waals surface area contributed by atoms with Crippen LogP contribution in [0.3, 0.4) is 0 Å². The van der Waals surface area contributed by atoms with Gasteiger partial charge in [0.05, 0.1) is 13.2 Å². The summed E-state index contributed by atoms with van der Waals surface area (Å²) in [5, 5.41) is 0. The summed E-state index contributed by atoms with van der Waals surface area (Å²) in [5.74, 6) is 0.850. The van der Waals surface area contributed by atoms with E-state index in [9.17, 15) is 0 Å². The van der Waals surface area contributed by atoms with E-state index in [-0.39, 0.29) is 5.66 Å². The van der Waals surface area contributed by atoms with E-state index >= 15 is 0 Å². The first-order valence-corrected chi connectivity index (χ1v) is 7.48. The fourth-order valence-electron chi connectivity index (χ4n) is 4.26. The van der Waals surface area contributed by atoms with E-state index in [0.717, 1.165) is 38.3 Å². The molecule has 0 spiro atoms. The summed E-state index contributed by atoms with van der Waals surface area (Å²) < 4.78 is 5.54. The van der Waals surface area contributed by atoms with Crippen LogP contribution in [-0.4, -0.2) is 48.7 Å². The van der Waals surface area contributed by atoms with E-state index in [4.69, 9.17) is 4.74 Å². The largest absolute Gasteiger partial charge is 0.379 e. The zero-order valence-electron chi connectivity index (χ0n) is 11.6. The number of morpholine rings is 1. The minimum absolute atomic E-state index is 0.192. The zero-order chi connectivity index (χ0) is 12.9. The minimum Gasteiger partial charge on any atom is -0.379 e. The van der Waals surface area contributed by atoms with E-state index in [0.29, 0.717) is 0 Å². The molecule has 0 bridgehead atoms. The molecule has 4 rings (SSSR count). The normalized spacial score (nSPS) is 42.1. The fraction of sp³-hybridized carbons (Fsp3) is 0.625. The number of hydrogen-bond acceptors (Lipinski definition) is 3. The average molecular weight is 258 g/mol. The molecule has 3 aliphatic rings. The minimum atomic E-state index is 0.192. The Labute approximate surface area is 115 Å². The highest BCUT2D eigenvalue weighted by Crippen LogP contribution is 2.58. The first kappa shape index (κ1) is 11.9. The maximum absolute atomic E-state index is 5.54. The molecule has 0 radical (unpaired) electrons. The van der Waals surface area contributed by atoms with Gasteiger partial charge >= 0.3 is 0 Å². The van der Waals surface area contributed by atoms with Crippen LogP contribution in [0.25, 0.3) is 0 Å². The van der Waals surface area contributed by atoms with E-state index in [1.54, 1.807) is 0 Å². The van der Waals surface area contributed by atoms with Gasteiger partial charge in [0.2, 0.25) is 0 Å². The van der Waals surface area contributed by atoms with Crippen molar-refractivity contribution < 1.29 is 4.74 Å². The summed E-state index contributed by atoms with van der Waals surface area (Å²) in [5.41, 5.74) is 1.67. The van der Waals surface area contributed by atoms with Crippen LogP contribution in [0.2, 0.25) is 0 Å². The molecule has 1 aromatic carbocycles. The van der Waals surface area contributed by atoms with E-state index in [1.807, 2.05) is 0 Å². The molecule has 0 aromatic heterocycles. The number of fused-ring (bicyclic) bond motifs is 1. The van der Waals surface area contributed by atoms with Crippen LogP contribution >= 0.6 is 0 Å². The summed E-state index contributed by atoms with van der Waals surface area (Å²) >= 11 is 0. The third kappa shape index (κ3) is 1.62. The molecule has 3 heteroatoms. The highest BCUT2D eigenvalue weighted by molar-refractivity contribution is 5.36. The van der Waals surface area contributed by atoms with Crippen molar-refractivity contribution >= 4 is 0 Å². The quantitative estimate of drug-likeness (QED) is 0.753. The molecule has 102 valence electrons. The molecular formula is C16H22N2O. The van der Waals surface area contributed by atoms with Crippen molar-refractivity contribution in [2.75, 3.05) is 32.8 Å². The van der Waals surface area contributed by atoms with Crippen LogP contribution in [0.5, 0.6) is 0 Å². The van der Waals surface area contributed by atoms with E-state index in [2.05, 4.69) is 47.1 Å². The Morgan fingerprint density at radius 3 is 2.53 bits per heavy atom. The molecule has 3 nitrogen and oxygen atoms in total. The number of rotatable bonds is 2. The van der Waals surface area contributed by atoms with E-state index in [1.165, 1.54) is 18.5 Å². The predicted molar refractivity (Wildman–Crippen MR) is 74.8 cm³/mol. The Hall–Kier alpha value is -0.900. The average Bonchev–Trinajstić information content (AvgIpc) is 2.89. The van der Waals surface area contributed by atoms with Gasteiger partial charge in [-0.25, -0.2) is 0 Å². The molecule has 3 fully saturated rings. The first-order valence-electron chi connectivity index (χ1n) is 7.48. The monoisotopic (exact) mass is 258 g/mol. The van der Waals surface area contributed by atoms with E-state index < -0.39 is 0 Å². The molecule has 3 saturated heterocycles. The lowest BCUT2D eigenvalue weighted by Gasteiger charge is -2.37. The lowest BCUT2D eigenvalue weighted by molar-refractivity contribution is -0.0121. The number of benzene rings is 1. The van der Waals surface area contributed by atoms with Crippen LogP contribution < -0.4 is 0 Å². The molecule has 4 atom stereocenters. The standard InChI is InChI=1S/C16H22N2O/c1-13-11-15-16(18(15)12-13,14-5-3-2-4-6-14)17-7-9-19-10-8-17/h2-6,13,15H,7-12H2,1H3. The highest BCUT2D eigenvalue weighted by atomic mass is 16.5. The second-order valence-corrected chi connectivity index (χ2v) is 6.20. The van der Waals surface area contributed by atoms with Crippen LogP contribution in [0, 0.1) is 5.92 Å². The molecule has 1 aromatic rings. The predicted octanol–water partition coefficient (Wildman–Crippen LogP) is 1.90. The number of piperidine rings is 1. The van der Waals surface area contributed by atoms with Crippen LogP contribution in [0.1, 0.15) is 18.9 Å². The Balaban J connectivity index is 1.70. The number of ether oxygens (including phenoxy) is 1. The Morgan fingerprint density at radius 1 is 1.16 bits per heavy atom. The van der Waals surface area contributed by atoms with Crippen molar-refractivity contribution in [3.05, 3.63) is 35.9 Å². The number of nitrogens with zero attached hydrogens (tertiary/aromatic N) is 2.